The Hall–Kier alpha value is -0.870. The minimum absolute atomic E-state index is 0.00182. The maximum atomic E-state index is 10.4. The number of aromatic nitrogens is 2. The molecule has 8 heteroatoms. The summed E-state index contributed by atoms with van der Waals surface area (Å²) >= 11 is 4.74. The zero-order valence-corrected chi connectivity index (χ0v) is 12.8. The second kappa shape index (κ2) is 6.34. The molecule has 0 unspecified atom stereocenters. The summed E-state index contributed by atoms with van der Waals surface area (Å²) in [5.41, 5.74) is 0.932. The number of carboxylic acid groups (broad SMARTS) is 1. The Balaban J connectivity index is 1.97. The third kappa shape index (κ3) is 4.10. The molecular weight excluding hydrogens is 385 g/mol. The van der Waals surface area contributed by atoms with Crippen molar-refractivity contribution in [1.29, 1.82) is 0 Å². The molecule has 1 aromatic carbocycles. The number of hydrogen-bond donors (Lipinski definition) is 2. The lowest BCUT2D eigenvalue weighted by atomic mass is 10.3. The molecule has 0 saturated heterocycles. The van der Waals surface area contributed by atoms with Crippen LogP contribution in [0.15, 0.2) is 28.6 Å². The number of anilines is 2. The van der Waals surface area contributed by atoms with Crippen molar-refractivity contribution in [2.75, 3.05) is 11.1 Å². The molecule has 1 heterocycles. The first-order chi connectivity index (χ1) is 8.63. The van der Waals surface area contributed by atoms with Crippen LogP contribution in [0.2, 0.25) is 0 Å². The second-order valence-electron chi connectivity index (χ2n) is 3.19. The molecule has 18 heavy (non-hydrogen) atoms. The summed E-state index contributed by atoms with van der Waals surface area (Å²) in [6.07, 6.45) is 0. The van der Waals surface area contributed by atoms with Crippen molar-refractivity contribution in [2.24, 2.45) is 0 Å². The van der Waals surface area contributed by atoms with Crippen LogP contribution in [0, 0.1) is 3.57 Å². The van der Waals surface area contributed by atoms with Crippen molar-refractivity contribution in [3.63, 3.8) is 0 Å². The molecule has 1 aromatic heterocycles. The minimum atomic E-state index is -0.859. The highest BCUT2D eigenvalue weighted by Gasteiger charge is 2.07. The van der Waals surface area contributed by atoms with Gasteiger partial charge in [-0.2, -0.15) is 0 Å². The normalized spacial score (nSPS) is 10.3. The SMILES string of the molecule is O=C(O)CSc1nnc(Nc2ccc(I)cc2)s1. The van der Waals surface area contributed by atoms with E-state index in [9.17, 15) is 4.79 Å². The van der Waals surface area contributed by atoms with E-state index >= 15 is 0 Å². The van der Waals surface area contributed by atoms with Crippen LogP contribution in [0.1, 0.15) is 0 Å². The van der Waals surface area contributed by atoms with Gasteiger partial charge in [-0.15, -0.1) is 10.2 Å². The second-order valence-corrected chi connectivity index (χ2v) is 6.63. The Morgan fingerprint density at radius 1 is 1.39 bits per heavy atom. The van der Waals surface area contributed by atoms with E-state index < -0.39 is 5.97 Å². The van der Waals surface area contributed by atoms with Crippen LogP contribution in [-0.2, 0) is 4.79 Å². The molecule has 2 rings (SSSR count). The third-order valence-corrected chi connectivity index (χ3v) is 4.50. The van der Waals surface area contributed by atoms with E-state index in [0.717, 1.165) is 9.26 Å². The van der Waals surface area contributed by atoms with Crippen molar-refractivity contribution in [3.05, 3.63) is 27.8 Å². The van der Waals surface area contributed by atoms with E-state index in [0.29, 0.717) is 9.47 Å². The summed E-state index contributed by atoms with van der Waals surface area (Å²) in [7, 11) is 0. The lowest BCUT2D eigenvalue weighted by molar-refractivity contribution is -0.133. The van der Waals surface area contributed by atoms with Gasteiger partial charge < -0.3 is 10.4 Å². The summed E-state index contributed by atoms with van der Waals surface area (Å²) in [6.45, 7) is 0. The number of hydrogen-bond acceptors (Lipinski definition) is 6. The molecule has 0 atom stereocenters. The van der Waals surface area contributed by atoms with E-state index in [1.54, 1.807) is 0 Å². The molecule has 0 aliphatic heterocycles. The van der Waals surface area contributed by atoms with Gasteiger partial charge in [-0.05, 0) is 46.9 Å². The molecule has 0 spiro atoms. The first kappa shape index (κ1) is 13.6. The molecule has 0 bridgehead atoms. The maximum Gasteiger partial charge on any atom is 0.313 e. The van der Waals surface area contributed by atoms with Crippen LogP contribution in [-0.4, -0.2) is 27.0 Å². The van der Waals surface area contributed by atoms with Crippen LogP contribution in [0.4, 0.5) is 10.8 Å². The fraction of sp³-hybridized carbons (Fsp3) is 0.100. The van der Waals surface area contributed by atoms with Crippen LogP contribution in [0.25, 0.3) is 0 Å². The van der Waals surface area contributed by atoms with Gasteiger partial charge in [-0.1, -0.05) is 23.1 Å². The number of thioether (sulfide) groups is 1. The van der Waals surface area contributed by atoms with Gasteiger partial charge in [0.1, 0.15) is 0 Å². The average molecular weight is 393 g/mol. The Morgan fingerprint density at radius 3 is 2.78 bits per heavy atom. The molecule has 0 radical (unpaired) electrons. The van der Waals surface area contributed by atoms with Gasteiger partial charge in [-0.3, -0.25) is 4.79 Å². The molecule has 5 nitrogen and oxygen atoms in total. The van der Waals surface area contributed by atoms with Gasteiger partial charge in [0.05, 0.1) is 5.75 Å². The molecule has 0 aliphatic carbocycles. The van der Waals surface area contributed by atoms with Gasteiger partial charge in [-0.25, -0.2) is 0 Å². The molecule has 0 saturated carbocycles. The van der Waals surface area contributed by atoms with E-state index in [2.05, 4.69) is 38.1 Å². The largest absolute Gasteiger partial charge is 0.481 e. The lowest BCUT2D eigenvalue weighted by Crippen LogP contribution is -1.96. The summed E-state index contributed by atoms with van der Waals surface area (Å²) in [5.74, 6) is -0.861. The van der Waals surface area contributed by atoms with E-state index in [4.69, 9.17) is 5.11 Å². The van der Waals surface area contributed by atoms with Gasteiger partial charge in [0.25, 0.3) is 0 Å². The highest BCUT2D eigenvalue weighted by Crippen LogP contribution is 2.27. The first-order valence-corrected chi connectivity index (χ1v) is 7.72. The Morgan fingerprint density at radius 2 is 2.11 bits per heavy atom. The van der Waals surface area contributed by atoms with Crippen LogP contribution >= 0.6 is 45.7 Å². The molecule has 0 amide bonds. The van der Waals surface area contributed by atoms with Crippen molar-refractivity contribution < 1.29 is 9.90 Å². The number of rotatable bonds is 5. The fourth-order valence-electron chi connectivity index (χ4n) is 1.10. The van der Waals surface area contributed by atoms with E-state index in [1.165, 1.54) is 23.1 Å². The lowest BCUT2D eigenvalue weighted by Gasteiger charge is -2.00. The smallest absolute Gasteiger partial charge is 0.313 e. The van der Waals surface area contributed by atoms with Crippen molar-refractivity contribution in [2.45, 2.75) is 4.34 Å². The monoisotopic (exact) mass is 393 g/mol. The molecule has 0 fully saturated rings. The van der Waals surface area contributed by atoms with E-state index in [-0.39, 0.29) is 5.75 Å². The highest BCUT2D eigenvalue weighted by molar-refractivity contribution is 14.1. The number of nitrogens with one attached hydrogen (secondary N) is 1. The summed E-state index contributed by atoms with van der Waals surface area (Å²) in [5, 5.41) is 20.2. The van der Waals surface area contributed by atoms with Gasteiger partial charge in [0, 0.05) is 9.26 Å². The van der Waals surface area contributed by atoms with Crippen molar-refractivity contribution >= 4 is 62.5 Å². The van der Waals surface area contributed by atoms with E-state index in [1.807, 2.05) is 24.3 Å². The number of carbonyl (C=O) groups is 1. The zero-order valence-electron chi connectivity index (χ0n) is 8.96. The first-order valence-electron chi connectivity index (χ1n) is 4.84. The molecule has 0 aliphatic rings. The Labute approximate surface area is 125 Å². The molecular formula is C10H8IN3O2S2. The number of aliphatic carboxylic acids is 1. The standard InChI is InChI=1S/C10H8IN3O2S2/c11-6-1-3-7(4-2-6)12-9-13-14-10(18-9)17-5-8(15)16/h1-4H,5H2,(H,12,13)(H,15,16). The summed E-state index contributed by atoms with van der Waals surface area (Å²) in [6, 6.07) is 7.88. The van der Waals surface area contributed by atoms with Gasteiger partial charge in [0.15, 0.2) is 4.34 Å². The minimum Gasteiger partial charge on any atom is -0.481 e. The third-order valence-electron chi connectivity index (χ3n) is 1.82. The summed E-state index contributed by atoms with van der Waals surface area (Å²) < 4.78 is 1.80. The quantitative estimate of drug-likeness (QED) is 0.601. The highest BCUT2D eigenvalue weighted by atomic mass is 127. The van der Waals surface area contributed by atoms with Crippen LogP contribution in [0.3, 0.4) is 0 Å². The number of benzene rings is 1. The average Bonchev–Trinajstić information content (AvgIpc) is 2.77. The molecule has 2 N–H and O–H groups in total. The molecule has 94 valence electrons. The maximum absolute atomic E-state index is 10.4. The number of halogens is 1. The zero-order chi connectivity index (χ0) is 13.0. The molecule has 2 aromatic rings. The van der Waals surface area contributed by atoms with Gasteiger partial charge >= 0.3 is 5.97 Å². The fourth-order valence-corrected chi connectivity index (χ4v) is 2.95. The van der Waals surface area contributed by atoms with Crippen molar-refractivity contribution in [3.8, 4) is 0 Å². The predicted molar refractivity (Wildman–Crippen MR) is 80.7 cm³/mol. The van der Waals surface area contributed by atoms with Crippen molar-refractivity contribution in [1.82, 2.24) is 10.2 Å². The van der Waals surface area contributed by atoms with Gasteiger partial charge in [0.2, 0.25) is 5.13 Å². The number of nitrogens with zero attached hydrogens (tertiary/aromatic N) is 2. The Bertz CT molecular complexity index is 544. The topological polar surface area (TPSA) is 75.1 Å². The predicted octanol–water partition coefficient (Wildman–Crippen LogP) is 3.06. The summed E-state index contributed by atoms with van der Waals surface area (Å²) in [4.78, 5) is 10.4. The number of carboxylic acids is 1. The van der Waals surface area contributed by atoms with Crippen LogP contribution in [0.5, 0.6) is 0 Å². The van der Waals surface area contributed by atoms with Crippen LogP contribution < -0.4 is 5.32 Å². The Kier molecular flexibility index (Phi) is 4.78.